The van der Waals surface area contributed by atoms with Crippen molar-refractivity contribution in [2.24, 2.45) is 0 Å². The first-order chi connectivity index (χ1) is 12.1. The van der Waals surface area contributed by atoms with Crippen molar-refractivity contribution in [3.63, 3.8) is 0 Å². The minimum Gasteiger partial charge on any atom is -0.463 e. The van der Waals surface area contributed by atoms with Crippen LogP contribution in [0.5, 0.6) is 0 Å². The van der Waals surface area contributed by atoms with Gasteiger partial charge in [-0.15, -0.1) is 0 Å². The van der Waals surface area contributed by atoms with Gasteiger partial charge in [-0.1, -0.05) is 77.6 Å². The maximum Gasteiger partial charge on any atom is 0.306 e. The summed E-state index contributed by atoms with van der Waals surface area (Å²) in [4.78, 5) is 11.8. The predicted molar refractivity (Wildman–Crippen MR) is 107 cm³/mol. The van der Waals surface area contributed by atoms with Crippen LogP contribution < -0.4 is 0 Å². The van der Waals surface area contributed by atoms with Gasteiger partial charge in [0.05, 0.1) is 12.2 Å². The molecule has 0 aliphatic carbocycles. The molecule has 0 aliphatic heterocycles. The minimum absolute atomic E-state index is 0.00853. The molecule has 0 aromatic heterocycles. The molecule has 0 amide bonds. The van der Waals surface area contributed by atoms with E-state index in [1.165, 1.54) is 57.8 Å². The van der Waals surface area contributed by atoms with E-state index < -0.39 is 0 Å². The van der Waals surface area contributed by atoms with Crippen molar-refractivity contribution in [1.29, 1.82) is 0 Å². The lowest BCUT2D eigenvalue weighted by atomic mass is 10.1. The maximum atomic E-state index is 11.8. The average Bonchev–Trinajstić information content (AvgIpc) is 2.56. The van der Waals surface area contributed by atoms with Crippen molar-refractivity contribution in [3.8, 4) is 0 Å². The summed E-state index contributed by atoms with van der Waals surface area (Å²) in [7, 11) is 0. The second-order valence-electron chi connectivity index (χ2n) is 7.72. The summed E-state index contributed by atoms with van der Waals surface area (Å²) in [6, 6.07) is 0. The second-order valence-corrected chi connectivity index (χ2v) is 7.72. The van der Waals surface area contributed by atoms with Crippen LogP contribution in [0.3, 0.4) is 0 Å². The lowest BCUT2D eigenvalue weighted by Gasteiger charge is -2.13. The molecule has 0 saturated carbocycles. The number of hydrogen-bond donors (Lipinski definition) is 1. The van der Waals surface area contributed by atoms with Gasteiger partial charge >= 0.3 is 5.97 Å². The number of ether oxygens (including phenoxy) is 1. The molecule has 0 aromatic carbocycles. The molecule has 3 nitrogen and oxygen atoms in total. The molecule has 0 saturated heterocycles. The summed E-state index contributed by atoms with van der Waals surface area (Å²) in [6.45, 7) is 6.05. The standard InChI is InChI=1S/C22H44O3/c1-4-5-6-7-8-9-10-11-12-13-14-19-22(24)25-21(3)18-16-15-17-20(2)23/h20-21,23H,4-19H2,1-3H3. The molecule has 0 aromatic rings. The molecule has 25 heavy (non-hydrogen) atoms. The zero-order valence-electron chi connectivity index (χ0n) is 17.2. The average molecular weight is 357 g/mol. The first-order valence-electron chi connectivity index (χ1n) is 10.9. The molecule has 1 N–H and O–H groups in total. The van der Waals surface area contributed by atoms with E-state index in [4.69, 9.17) is 4.74 Å². The zero-order chi connectivity index (χ0) is 18.8. The summed E-state index contributed by atoms with van der Waals surface area (Å²) in [5, 5.41) is 9.21. The van der Waals surface area contributed by atoms with Gasteiger partial charge in [-0.3, -0.25) is 4.79 Å². The van der Waals surface area contributed by atoms with Gasteiger partial charge < -0.3 is 9.84 Å². The summed E-state index contributed by atoms with van der Waals surface area (Å²) in [5.74, 6) is -0.0426. The molecule has 2 atom stereocenters. The largest absolute Gasteiger partial charge is 0.463 e. The Morgan fingerprint density at radius 2 is 1.24 bits per heavy atom. The molecule has 0 bridgehead atoms. The van der Waals surface area contributed by atoms with E-state index in [1.54, 1.807) is 0 Å². The third-order valence-electron chi connectivity index (χ3n) is 4.80. The van der Waals surface area contributed by atoms with E-state index in [-0.39, 0.29) is 18.2 Å². The Labute approximate surface area is 156 Å². The van der Waals surface area contributed by atoms with Gasteiger partial charge in [0.15, 0.2) is 0 Å². The second kappa shape index (κ2) is 18.2. The Morgan fingerprint density at radius 3 is 1.76 bits per heavy atom. The molecule has 0 fully saturated rings. The number of aliphatic hydroxyl groups is 1. The molecular weight excluding hydrogens is 312 g/mol. The Kier molecular flexibility index (Phi) is 17.8. The molecule has 0 radical (unpaired) electrons. The Bertz CT molecular complexity index is 289. The van der Waals surface area contributed by atoms with E-state index >= 15 is 0 Å². The van der Waals surface area contributed by atoms with E-state index in [2.05, 4.69) is 6.92 Å². The monoisotopic (exact) mass is 356 g/mol. The van der Waals surface area contributed by atoms with Crippen LogP contribution in [0.2, 0.25) is 0 Å². The van der Waals surface area contributed by atoms with Gasteiger partial charge in [0.2, 0.25) is 0 Å². The van der Waals surface area contributed by atoms with E-state index in [1.807, 2.05) is 13.8 Å². The van der Waals surface area contributed by atoms with Crippen molar-refractivity contribution in [1.82, 2.24) is 0 Å². The molecule has 0 rings (SSSR count). The van der Waals surface area contributed by atoms with Crippen LogP contribution >= 0.6 is 0 Å². The number of hydrogen-bond acceptors (Lipinski definition) is 3. The smallest absolute Gasteiger partial charge is 0.306 e. The molecule has 0 spiro atoms. The quantitative estimate of drug-likeness (QED) is 0.223. The summed E-state index contributed by atoms with van der Waals surface area (Å²) in [6.07, 6.45) is 18.4. The lowest BCUT2D eigenvalue weighted by Crippen LogP contribution is -2.14. The molecule has 0 heterocycles. The number of aliphatic hydroxyl groups excluding tert-OH is 1. The van der Waals surface area contributed by atoms with Crippen molar-refractivity contribution < 1.29 is 14.6 Å². The zero-order valence-corrected chi connectivity index (χ0v) is 17.2. The normalized spacial score (nSPS) is 13.6. The fraction of sp³-hybridized carbons (Fsp3) is 0.955. The fourth-order valence-corrected chi connectivity index (χ4v) is 3.15. The van der Waals surface area contributed by atoms with Crippen molar-refractivity contribution in [2.75, 3.05) is 0 Å². The van der Waals surface area contributed by atoms with Crippen LogP contribution in [0.25, 0.3) is 0 Å². The summed E-state index contributed by atoms with van der Waals surface area (Å²) >= 11 is 0. The van der Waals surface area contributed by atoms with Gasteiger partial charge in [-0.2, -0.15) is 0 Å². The van der Waals surface area contributed by atoms with Crippen LogP contribution in [0, 0.1) is 0 Å². The molecule has 150 valence electrons. The SMILES string of the molecule is CCCCCCCCCCCCCC(=O)OC(C)CCCCC(C)O. The third kappa shape index (κ3) is 19.6. The Hall–Kier alpha value is -0.570. The van der Waals surface area contributed by atoms with E-state index in [0.29, 0.717) is 6.42 Å². The summed E-state index contributed by atoms with van der Waals surface area (Å²) in [5.41, 5.74) is 0. The van der Waals surface area contributed by atoms with Crippen molar-refractivity contribution >= 4 is 5.97 Å². The van der Waals surface area contributed by atoms with E-state index in [9.17, 15) is 9.90 Å². The number of carbonyl (C=O) groups is 1. The minimum atomic E-state index is -0.223. The number of esters is 1. The van der Waals surface area contributed by atoms with Crippen molar-refractivity contribution in [2.45, 2.75) is 136 Å². The topological polar surface area (TPSA) is 46.5 Å². The maximum absolute atomic E-state index is 11.8. The highest BCUT2D eigenvalue weighted by atomic mass is 16.5. The highest BCUT2D eigenvalue weighted by Crippen LogP contribution is 2.13. The fourth-order valence-electron chi connectivity index (χ4n) is 3.15. The van der Waals surface area contributed by atoms with Crippen molar-refractivity contribution in [3.05, 3.63) is 0 Å². The predicted octanol–water partition coefficient (Wildman–Crippen LogP) is 6.56. The Balaban J connectivity index is 3.32. The third-order valence-corrected chi connectivity index (χ3v) is 4.80. The van der Waals surface area contributed by atoms with Gasteiger partial charge in [-0.05, 0) is 39.5 Å². The van der Waals surface area contributed by atoms with Gasteiger partial charge in [0, 0.05) is 6.42 Å². The number of unbranched alkanes of at least 4 members (excludes halogenated alkanes) is 11. The molecular formula is C22H44O3. The van der Waals surface area contributed by atoms with Crippen LogP contribution in [0.4, 0.5) is 0 Å². The van der Waals surface area contributed by atoms with Gasteiger partial charge in [0.1, 0.15) is 0 Å². The highest BCUT2D eigenvalue weighted by molar-refractivity contribution is 5.69. The van der Waals surface area contributed by atoms with Gasteiger partial charge in [-0.25, -0.2) is 0 Å². The molecule has 0 aliphatic rings. The molecule has 2 unspecified atom stereocenters. The first-order valence-corrected chi connectivity index (χ1v) is 10.9. The van der Waals surface area contributed by atoms with Crippen LogP contribution in [0.15, 0.2) is 0 Å². The lowest BCUT2D eigenvalue weighted by molar-refractivity contribution is -0.148. The van der Waals surface area contributed by atoms with Crippen LogP contribution in [0.1, 0.15) is 124 Å². The molecule has 3 heteroatoms. The van der Waals surface area contributed by atoms with Crippen LogP contribution in [-0.4, -0.2) is 23.3 Å². The number of carbonyl (C=O) groups excluding carboxylic acids is 1. The van der Waals surface area contributed by atoms with E-state index in [0.717, 1.165) is 38.5 Å². The van der Waals surface area contributed by atoms with Crippen LogP contribution in [-0.2, 0) is 9.53 Å². The first kappa shape index (κ1) is 24.4. The van der Waals surface area contributed by atoms with Gasteiger partial charge in [0.25, 0.3) is 0 Å². The highest BCUT2D eigenvalue weighted by Gasteiger charge is 2.09. The summed E-state index contributed by atoms with van der Waals surface area (Å²) < 4.78 is 5.45. The Morgan fingerprint density at radius 1 is 0.760 bits per heavy atom. The number of rotatable bonds is 18.